The summed E-state index contributed by atoms with van der Waals surface area (Å²) in [5.41, 5.74) is 0.225. The van der Waals surface area contributed by atoms with Gasteiger partial charge in [0, 0.05) is 11.1 Å². The first-order chi connectivity index (χ1) is 13.2. The van der Waals surface area contributed by atoms with Gasteiger partial charge >= 0.3 is 5.97 Å². The average Bonchev–Trinajstić information content (AvgIpc) is 3.16. The average molecular weight is 382 g/mol. The van der Waals surface area contributed by atoms with Crippen LogP contribution >= 0.6 is 0 Å². The van der Waals surface area contributed by atoms with Crippen LogP contribution in [0.15, 0.2) is 40.8 Å². The lowest BCUT2D eigenvalue weighted by atomic mass is 9.90. The molecule has 1 heterocycles. The Morgan fingerprint density at radius 1 is 1.18 bits per heavy atom. The van der Waals surface area contributed by atoms with Gasteiger partial charge in [-0.2, -0.15) is 5.26 Å². The lowest BCUT2D eigenvalue weighted by molar-refractivity contribution is -0.125. The molecule has 7 heteroatoms. The van der Waals surface area contributed by atoms with E-state index in [0.29, 0.717) is 16.9 Å². The van der Waals surface area contributed by atoms with Crippen molar-refractivity contribution in [2.24, 2.45) is 5.92 Å². The van der Waals surface area contributed by atoms with E-state index in [-0.39, 0.29) is 17.5 Å². The molecule has 0 radical (unpaired) electrons. The van der Waals surface area contributed by atoms with Crippen LogP contribution in [0.1, 0.15) is 48.6 Å². The number of esters is 1. The highest BCUT2D eigenvalue weighted by molar-refractivity contribution is 5.94. The van der Waals surface area contributed by atoms with E-state index in [2.05, 4.69) is 5.32 Å². The Bertz CT molecular complexity index is 921. The van der Waals surface area contributed by atoms with Gasteiger partial charge in [-0.3, -0.25) is 9.59 Å². The minimum atomic E-state index is -1.05. The molecule has 28 heavy (non-hydrogen) atoms. The predicted octanol–water partition coefficient (Wildman–Crippen LogP) is 3.36. The first kappa shape index (κ1) is 20.9. The molecule has 0 spiro atoms. The Labute approximate surface area is 163 Å². The maximum atomic E-state index is 12.1. The molecule has 7 nitrogen and oxygen atoms in total. The summed E-state index contributed by atoms with van der Waals surface area (Å²) in [6, 6.07) is 11.9. The van der Waals surface area contributed by atoms with Crippen LogP contribution in [-0.2, 0) is 9.53 Å². The van der Waals surface area contributed by atoms with E-state index >= 15 is 0 Å². The summed E-state index contributed by atoms with van der Waals surface area (Å²) in [5, 5.41) is 11.8. The Morgan fingerprint density at radius 3 is 2.36 bits per heavy atom. The summed E-state index contributed by atoms with van der Waals surface area (Å²) in [4.78, 5) is 35.4. The summed E-state index contributed by atoms with van der Waals surface area (Å²) in [6.45, 7) is 6.18. The smallest absolute Gasteiger partial charge is 0.374 e. The molecule has 146 valence electrons. The Kier molecular flexibility index (Phi) is 6.37. The highest BCUT2D eigenvalue weighted by Crippen LogP contribution is 2.23. The number of nitrogens with one attached hydrogen (secondary N) is 1. The molecule has 0 aliphatic carbocycles. The first-order valence-electron chi connectivity index (χ1n) is 8.77. The molecule has 1 aromatic heterocycles. The number of carbonyl (C=O) groups excluding carboxylic acids is 3. The standard InChI is InChI=1S/C21H22N2O5/c1-13(2)21(4,12-22)23-19(25)11-27-20(26)18-10-9-17(28-18)16-7-5-15(6-8-16)14(3)24/h5-10,13H,11H2,1-4H3,(H,23,25)/t21-/m1/s1. The number of hydrogen-bond acceptors (Lipinski definition) is 6. The lowest BCUT2D eigenvalue weighted by Crippen LogP contribution is -2.50. The number of ketones is 1. The van der Waals surface area contributed by atoms with Gasteiger partial charge in [0.2, 0.25) is 5.76 Å². The number of hydrogen-bond donors (Lipinski definition) is 1. The molecule has 1 atom stereocenters. The molecule has 2 aromatic rings. The molecular formula is C21H22N2O5. The quantitative estimate of drug-likeness (QED) is 0.581. The van der Waals surface area contributed by atoms with E-state index in [1.807, 2.05) is 19.9 Å². The molecule has 0 saturated carbocycles. The van der Waals surface area contributed by atoms with E-state index < -0.39 is 24.0 Å². The van der Waals surface area contributed by atoms with Crippen LogP contribution in [0.4, 0.5) is 0 Å². The van der Waals surface area contributed by atoms with Crippen molar-refractivity contribution in [3.05, 3.63) is 47.7 Å². The molecule has 1 amide bonds. The highest BCUT2D eigenvalue weighted by atomic mass is 16.5. The third-order valence-corrected chi connectivity index (χ3v) is 4.50. The van der Waals surface area contributed by atoms with Crippen LogP contribution in [0.3, 0.4) is 0 Å². The van der Waals surface area contributed by atoms with Gasteiger partial charge in [-0.05, 0) is 31.9 Å². The normalized spacial score (nSPS) is 12.7. The fraction of sp³-hybridized carbons (Fsp3) is 0.333. The van der Waals surface area contributed by atoms with Crippen molar-refractivity contribution >= 4 is 17.7 Å². The van der Waals surface area contributed by atoms with Gasteiger partial charge in [0.1, 0.15) is 11.3 Å². The number of amides is 1. The largest absolute Gasteiger partial charge is 0.450 e. The second kappa shape index (κ2) is 8.53. The van der Waals surface area contributed by atoms with Gasteiger partial charge in [0.15, 0.2) is 12.4 Å². The SMILES string of the molecule is CC(=O)c1ccc(-c2ccc(C(=O)OCC(=O)N[C@](C)(C#N)C(C)C)o2)cc1. The third-order valence-electron chi connectivity index (χ3n) is 4.50. The zero-order chi connectivity index (χ0) is 20.9. The van der Waals surface area contributed by atoms with Crippen LogP contribution in [-0.4, -0.2) is 29.8 Å². The molecule has 1 N–H and O–H groups in total. The second-order valence-electron chi connectivity index (χ2n) is 6.89. The Hall–Kier alpha value is -3.40. The molecule has 0 bridgehead atoms. The van der Waals surface area contributed by atoms with Crippen molar-refractivity contribution < 1.29 is 23.5 Å². The minimum absolute atomic E-state index is 0.0431. The van der Waals surface area contributed by atoms with Crippen molar-refractivity contribution in [3.63, 3.8) is 0 Å². The van der Waals surface area contributed by atoms with Crippen molar-refractivity contribution in [1.82, 2.24) is 5.32 Å². The molecule has 0 fully saturated rings. The molecule has 0 unspecified atom stereocenters. The number of benzene rings is 1. The number of carbonyl (C=O) groups is 3. The van der Waals surface area contributed by atoms with E-state index in [0.717, 1.165) is 0 Å². The summed E-state index contributed by atoms with van der Waals surface area (Å²) in [6.07, 6.45) is 0. The number of nitriles is 1. The molecule has 2 rings (SSSR count). The van der Waals surface area contributed by atoms with Gasteiger partial charge in [-0.1, -0.05) is 38.1 Å². The predicted molar refractivity (Wildman–Crippen MR) is 101 cm³/mol. The second-order valence-corrected chi connectivity index (χ2v) is 6.89. The Morgan fingerprint density at radius 2 is 1.82 bits per heavy atom. The van der Waals surface area contributed by atoms with E-state index in [1.54, 1.807) is 37.3 Å². The number of furan rings is 1. The van der Waals surface area contributed by atoms with E-state index in [4.69, 9.17) is 9.15 Å². The van der Waals surface area contributed by atoms with Crippen molar-refractivity contribution in [3.8, 4) is 17.4 Å². The summed E-state index contributed by atoms with van der Waals surface area (Å²) in [7, 11) is 0. The monoisotopic (exact) mass is 382 g/mol. The number of nitrogens with zero attached hydrogens (tertiary/aromatic N) is 1. The maximum Gasteiger partial charge on any atom is 0.374 e. The lowest BCUT2D eigenvalue weighted by Gasteiger charge is -2.27. The minimum Gasteiger partial charge on any atom is -0.450 e. The summed E-state index contributed by atoms with van der Waals surface area (Å²) < 4.78 is 10.4. The van der Waals surface area contributed by atoms with Crippen molar-refractivity contribution in [2.45, 2.75) is 33.2 Å². The first-order valence-corrected chi connectivity index (χ1v) is 8.77. The van der Waals surface area contributed by atoms with E-state index in [1.165, 1.54) is 13.0 Å². The molecule has 1 aromatic carbocycles. The zero-order valence-corrected chi connectivity index (χ0v) is 16.2. The van der Waals surface area contributed by atoms with Gasteiger partial charge in [-0.25, -0.2) is 4.79 Å². The fourth-order valence-corrected chi connectivity index (χ4v) is 2.30. The zero-order valence-electron chi connectivity index (χ0n) is 16.2. The van der Waals surface area contributed by atoms with Gasteiger partial charge < -0.3 is 14.5 Å². The highest BCUT2D eigenvalue weighted by Gasteiger charge is 2.30. The molecule has 0 aliphatic heterocycles. The Balaban J connectivity index is 1.98. The van der Waals surface area contributed by atoms with Crippen LogP contribution in [0.25, 0.3) is 11.3 Å². The van der Waals surface area contributed by atoms with Gasteiger partial charge in [-0.15, -0.1) is 0 Å². The summed E-state index contributed by atoms with van der Waals surface area (Å²) >= 11 is 0. The topological polar surface area (TPSA) is 109 Å². The number of ether oxygens (including phenoxy) is 1. The van der Waals surface area contributed by atoms with Crippen LogP contribution in [0, 0.1) is 17.2 Å². The molecule has 0 aliphatic rings. The summed E-state index contributed by atoms with van der Waals surface area (Å²) in [5.74, 6) is -1.13. The van der Waals surface area contributed by atoms with Crippen LogP contribution in [0.5, 0.6) is 0 Å². The van der Waals surface area contributed by atoms with E-state index in [9.17, 15) is 19.6 Å². The molecule has 0 saturated heterocycles. The van der Waals surface area contributed by atoms with Gasteiger partial charge in [0.25, 0.3) is 5.91 Å². The maximum absolute atomic E-state index is 12.1. The van der Waals surface area contributed by atoms with Gasteiger partial charge in [0.05, 0.1) is 6.07 Å². The van der Waals surface area contributed by atoms with Crippen molar-refractivity contribution in [1.29, 1.82) is 5.26 Å². The number of Topliss-reactive ketones (excluding diaryl/α,β-unsaturated/α-hetero) is 1. The third kappa shape index (κ3) is 4.86. The van der Waals surface area contributed by atoms with Crippen LogP contribution < -0.4 is 5.32 Å². The molecular weight excluding hydrogens is 360 g/mol. The van der Waals surface area contributed by atoms with Crippen molar-refractivity contribution in [2.75, 3.05) is 6.61 Å². The number of rotatable bonds is 7. The van der Waals surface area contributed by atoms with Crippen LogP contribution in [0.2, 0.25) is 0 Å². The fourth-order valence-electron chi connectivity index (χ4n) is 2.30.